The Kier molecular flexibility index (Phi) is 5.38. The zero-order valence-corrected chi connectivity index (χ0v) is 13.6. The van der Waals surface area contributed by atoms with E-state index in [9.17, 15) is 18.0 Å². The first-order chi connectivity index (χ1) is 10.8. The van der Waals surface area contributed by atoms with Crippen LogP contribution in [0.1, 0.15) is 19.8 Å². The van der Waals surface area contributed by atoms with Crippen LogP contribution in [0.15, 0.2) is 35.2 Å². The van der Waals surface area contributed by atoms with E-state index in [1.165, 1.54) is 23.4 Å². The Morgan fingerprint density at radius 1 is 1.30 bits per heavy atom. The van der Waals surface area contributed by atoms with E-state index in [1.54, 1.807) is 18.2 Å². The Hall–Kier alpha value is -1.93. The predicted molar refractivity (Wildman–Crippen MR) is 83.2 cm³/mol. The van der Waals surface area contributed by atoms with E-state index in [2.05, 4.69) is 5.32 Å². The van der Waals surface area contributed by atoms with Crippen LogP contribution in [-0.4, -0.2) is 48.8 Å². The van der Waals surface area contributed by atoms with Gasteiger partial charge in [0.1, 0.15) is 6.04 Å². The topological polar surface area (TPSA) is 104 Å². The van der Waals surface area contributed by atoms with Gasteiger partial charge in [-0.2, -0.15) is 4.31 Å². The molecule has 8 heteroatoms. The summed E-state index contributed by atoms with van der Waals surface area (Å²) in [4.78, 5) is 23.1. The number of nitrogens with one attached hydrogen (secondary N) is 1. The second-order valence-corrected chi connectivity index (χ2v) is 7.52. The molecular weight excluding hydrogens is 320 g/mol. The van der Waals surface area contributed by atoms with Crippen molar-refractivity contribution in [3.63, 3.8) is 0 Å². The van der Waals surface area contributed by atoms with Gasteiger partial charge < -0.3 is 10.4 Å². The molecule has 1 aromatic rings. The predicted octanol–water partition coefficient (Wildman–Crippen LogP) is 0.677. The summed E-state index contributed by atoms with van der Waals surface area (Å²) in [6, 6.07) is 7.07. The highest BCUT2D eigenvalue weighted by molar-refractivity contribution is 7.89. The summed E-state index contributed by atoms with van der Waals surface area (Å²) < 4.78 is 26.5. The van der Waals surface area contributed by atoms with Crippen molar-refractivity contribution in [2.45, 2.75) is 30.7 Å². The summed E-state index contributed by atoms with van der Waals surface area (Å²) in [6.45, 7) is 1.80. The smallest absolute Gasteiger partial charge is 0.325 e. The molecule has 0 spiro atoms. The van der Waals surface area contributed by atoms with Crippen LogP contribution in [0.2, 0.25) is 0 Å². The zero-order valence-electron chi connectivity index (χ0n) is 12.8. The molecule has 1 amide bonds. The molecule has 1 aliphatic rings. The van der Waals surface area contributed by atoms with E-state index in [0.717, 1.165) is 0 Å². The molecule has 1 aliphatic heterocycles. The fourth-order valence-electron chi connectivity index (χ4n) is 2.51. The number of carboxylic acids is 1. The molecule has 1 aromatic carbocycles. The van der Waals surface area contributed by atoms with E-state index in [1.807, 2.05) is 0 Å². The molecule has 2 rings (SSSR count). The van der Waals surface area contributed by atoms with Crippen molar-refractivity contribution >= 4 is 21.9 Å². The molecule has 0 saturated carbocycles. The first kappa shape index (κ1) is 17.4. The standard InChI is InChI=1S/C15H20N2O5S/c1-11(15(19)20)16-14(18)12-6-5-9-17(10-12)23(21,22)13-7-3-2-4-8-13/h2-4,7-8,11-12H,5-6,9-10H2,1H3,(H,16,18)(H,19,20)/t11-,12+/m1/s1. The Labute approximate surface area is 135 Å². The molecule has 23 heavy (non-hydrogen) atoms. The van der Waals surface area contributed by atoms with Crippen LogP contribution < -0.4 is 5.32 Å². The third-order valence-corrected chi connectivity index (χ3v) is 5.74. The van der Waals surface area contributed by atoms with Crippen LogP contribution in [0.5, 0.6) is 0 Å². The first-order valence-electron chi connectivity index (χ1n) is 7.40. The summed E-state index contributed by atoms with van der Waals surface area (Å²) in [7, 11) is -3.64. The van der Waals surface area contributed by atoms with Crippen molar-refractivity contribution in [1.29, 1.82) is 0 Å². The van der Waals surface area contributed by atoms with Gasteiger partial charge in [-0.1, -0.05) is 18.2 Å². The summed E-state index contributed by atoms with van der Waals surface area (Å²) in [5.41, 5.74) is 0. The monoisotopic (exact) mass is 340 g/mol. The SMILES string of the molecule is C[C@@H](NC(=O)[C@H]1CCCN(S(=O)(=O)c2ccccc2)C1)C(=O)O. The summed E-state index contributed by atoms with van der Waals surface area (Å²) >= 11 is 0. The quantitative estimate of drug-likeness (QED) is 0.820. The normalized spacial score (nSPS) is 20.7. The zero-order chi connectivity index (χ0) is 17.0. The van der Waals surface area contributed by atoms with Crippen molar-refractivity contribution in [3.05, 3.63) is 30.3 Å². The van der Waals surface area contributed by atoms with Gasteiger partial charge in [0.25, 0.3) is 0 Å². The number of amides is 1. The van der Waals surface area contributed by atoms with E-state index >= 15 is 0 Å². The molecule has 0 aromatic heterocycles. The highest BCUT2D eigenvalue weighted by atomic mass is 32.2. The average molecular weight is 340 g/mol. The number of aliphatic carboxylic acids is 1. The maximum absolute atomic E-state index is 12.6. The van der Waals surface area contributed by atoms with Gasteiger partial charge in [0.05, 0.1) is 10.8 Å². The molecule has 0 aliphatic carbocycles. The molecule has 1 saturated heterocycles. The minimum Gasteiger partial charge on any atom is -0.480 e. The lowest BCUT2D eigenvalue weighted by Crippen LogP contribution is -2.48. The molecule has 0 radical (unpaired) electrons. The maximum Gasteiger partial charge on any atom is 0.325 e. The van der Waals surface area contributed by atoms with Gasteiger partial charge in [-0.15, -0.1) is 0 Å². The van der Waals surface area contributed by atoms with Gasteiger partial charge in [0.2, 0.25) is 15.9 Å². The number of hydrogen-bond donors (Lipinski definition) is 2. The molecule has 1 fully saturated rings. The molecular formula is C15H20N2O5S. The fourth-order valence-corrected chi connectivity index (χ4v) is 4.05. The van der Waals surface area contributed by atoms with Crippen LogP contribution in [0.25, 0.3) is 0 Å². The van der Waals surface area contributed by atoms with Gasteiger partial charge in [-0.25, -0.2) is 8.42 Å². The number of piperidine rings is 1. The van der Waals surface area contributed by atoms with Crippen LogP contribution >= 0.6 is 0 Å². The summed E-state index contributed by atoms with van der Waals surface area (Å²) in [5, 5.41) is 11.2. The van der Waals surface area contributed by atoms with E-state index in [0.29, 0.717) is 19.4 Å². The highest BCUT2D eigenvalue weighted by Crippen LogP contribution is 2.23. The summed E-state index contributed by atoms with van der Waals surface area (Å²) in [6.07, 6.45) is 1.10. The lowest BCUT2D eigenvalue weighted by atomic mass is 9.98. The molecule has 7 nitrogen and oxygen atoms in total. The maximum atomic E-state index is 12.6. The van der Waals surface area contributed by atoms with Crippen molar-refractivity contribution in [3.8, 4) is 0 Å². The number of carbonyl (C=O) groups excluding carboxylic acids is 1. The second-order valence-electron chi connectivity index (χ2n) is 5.58. The molecule has 126 valence electrons. The van der Waals surface area contributed by atoms with Crippen molar-refractivity contribution in [1.82, 2.24) is 9.62 Å². The number of rotatable bonds is 5. The van der Waals surface area contributed by atoms with Gasteiger partial charge >= 0.3 is 5.97 Å². The van der Waals surface area contributed by atoms with Gasteiger partial charge in [0, 0.05) is 13.1 Å². The van der Waals surface area contributed by atoms with Crippen molar-refractivity contribution < 1.29 is 23.1 Å². The number of benzene rings is 1. The number of nitrogens with zero attached hydrogens (tertiary/aromatic N) is 1. The third kappa shape index (κ3) is 4.08. The van der Waals surface area contributed by atoms with Crippen LogP contribution in [-0.2, 0) is 19.6 Å². The summed E-state index contributed by atoms with van der Waals surface area (Å²) in [5.74, 6) is -2.08. The Morgan fingerprint density at radius 3 is 2.57 bits per heavy atom. The second kappa shape index (κ2) is 7.10. The van der Waals surface area contributed by atoms with Crippen LogP contribution in [0, 0.1) is 5.92 Å². The Balaban J connectivity index is 2.09. The lowest BCUT2D eigenvalue weighted by molar-refractivity contribution is -0.142. The third-order valence-electron chi connectivity index (χ3n) is 3.87. The molecule has 2 atom stereocenters. The molecule has 2 N–H and O–H groups in total. The minimum absolute atomic E-state index is 0.0649. The van der Waals surface area contributed by atoms with Gasteiger partial charge in [-0.3, -0.25) is 9.59 Å². The minimum atomic E-state index is -3.64. The number of hydrogen-bond acceptors (Lipinski definition) is 4. The van der Waals surface area contributed by atoms with Crippen LogP contribution in [0.3, 0.4) is 0 Å². The largest absolute Gasteiger partial charge is 0.480 e. The van der Waals surface area contributed by atoms with Crippen molar-refractivity contribution in [2.75, 3.05) is 13.1 Å². The molecule has 0 bridgehead atoms. The Bertz CT molecular complexity index is 674. The molecule has 1 heterocycles. The van der Waals surface area contributed by atoms with Crippen LogP contribution in [0.4, 0.5) is 0 Å². The molecule has 0 unspecified atom stereocenters. The van der Waals surface area contributed by atoms with E-state index in [-0.39, 0.29) is 11.4 Å². The number of carboxylic acid groups (broad SMARTS) is 1. The van der Waals surface area contributed by atoms with Gasteiger partial charge in [-0.05, 0) is 31.9 Å². The Morgan fingerprint density at radius 2 is 1.96 bits per heavy atom. The fraction of sp³-hybridized carbons (Fsp3) is 0.467. The van der Waals surface area contributed by atoms with E-state index < -0.39 is 33.9 Å². The average Bonchev–Trinajstić information content (AvgIpc) is 2.55. The highest BCUT2D eigenvalue weighted by Gasteiger charge is 2.33. The number of sulfonamides is 1. The van der Waals surface area contributed by atoms with Crippen molar-refractivity contribution in [2.24, 2.45) is 5.92 Å². The first-order valence-corrected chi connectivity index (χ1v) is 8.84. The number of carbonyl (C=O) groups is 2. The van der Waals surface area contributed by atoms with Gasteiger partial charge in [0.15, 0.2) is 0 Å². The van der Waals surface area contributed by atoms with E-state index in [4.69, 9.17) is 5.11 Å². The lowest BCUT2D eigenvalue weighted by Gasteiger charge is -2.31.